The van der Waals surface area contributed by atoms with Gasteiger partial charge in [0, 0.05) is 18.8 Å². The van der Waals surface area contributed by atoms with Gasteiger partial charge >= 0.3 is 0 Å². The summed E-state index contributed by atoms with van der Waals surface area (Å²) in [4.78, 5) is 8.71. The van der Waals surface area contributed by atoms with Gasteiger partial charge in [0.25, 0.3) is 0 Å². The summed E-state index contributed by atoms with van der Waals surface area (Å²) < 4.78 is 0. The number of rotatable bonds is 5. The summed E-state index contributed by atoms with van der Waals surface area (Å²) in [6.07, 6.45) is -0.264. The van der Waals surface area contributed by atoms with Gasteiger partial charge < -0.3 is 4.90 Å². The Morgan fingerprint density at radius 1 is 1.14 bits per heavy atom. The van der Waals surface area contributed by atoms with Gasteiger partial charge in [0.1, 0.15) is 5.71 Å². The molecule has 0 saturated heterocycles. The second-order valence-electron chi connectivity index (χ2n) is 5.09. The fourth-order valence-electron chi connectivity index (χ4n) is 2.26. The fraction of sp³-hybridized carbons (Fsp3) is 0.467. The predicted molar refractivity (Wildman–Crippen MR) is 87.2 cm³/mol. The lowest BCUT2D eigenvalue weighted by molar-refractivity contribution is 0.369. The number of benzene rings is 1. The van der Waals surface area contributed by atoms with Crippen molar-refractivity contribution in [3.63, 3.8) is 0 Å². The van der Waals surface area contributed by atoms with Gasteiger partial charge in [-0.15, -0.1) is 5.11 Å². The molecule has 2 rings (SSSR count). The largest absolute Gasteiger partial charge is 0.372 e. The molecule has 0 saturated carbocycles. The maximum atomic E-state index is 7.82. The molecule has 1 aromatic carbocycles. The van der Waals surface area contributed by atoms with Crippen LogP contribution in [0.15, 0.2) is 39.5 Å². The molecule has 0 amide bonds. The highest BCUT2D eigenvalue weighted by Gasteiger charge is 2.27. The van der Waals surface area contributed by atoms with Crippen molar-refractivity contribution in [2.45, 2.75) is 20.0 Å². The normalized spacial score (nSPS) is 19.8. The molecular weight excluding hydrogens is 264 g/mol. The molecule has 0 aliphatic carbocycles. The van der Waals surface area contributed by atoms with Gasteiger partial charge in [0.15, 0.2) is 12.0 Å². The van der Waals surface area contributed by atoms with Crippen LogP contribution < -0.4 is 4.90 Å². The number of aliphatic imine (C=N–C) groups is 1. The Bertz CT molecular complexity index is 554. The average Bonchev–Trinajstić information content (AvgIpc) is 2.83. The Kier molecular flexibility index (Phi) is 4.80. The van der Waals surface area contributed by atoms with Crippen LogP contribution in [0.5, 0.6) is 0 Å². The minimum Gasteiger partial charge on any atom is -0.372 e. The summed E-state index contributed by atoms with van der Waals surface area (Å²) in [5, 5.41) is 15.7. The van der Waals surface area contributed by atoms with Gasteiger partial charge in [-0.1, -0.05) is 0 Å². The molecule has 1 aliphatic rings. The summed E-state index contributed by atoms with van der Waals surface area (Å²) in [6, 6.07) is 8.06. The van der Waals surface area contributed by atoms with E-state index in [1.54, 1.807) is 0 Å². The molecule has 1 aromatic rings. The maximum Gasteiger partial charge on any atom is 0.192 e. The Balaban J connectivity index is 2.23. The third-order valence-electron chi connectivity index (χ3n) is 3.47. The zero-order valence-electron chi connectivity index (χ0n) is 13.0. The Labute approximate surface area is 125 Å². The lowest BCUT2D eigenvalue weighted by atomic mass is 10.2. The number of nitrogens with zero attached hydrogens (tertiary/aromatic N) is 5. The van der Waals surface area contributed by atoms with Crippen LogP contribution in [0.2, 0.25) is 0 Å². The van der Waals surface area contributed by atoms with Crippen molar-refractivity contribution in [2.75, 3.05) is 32.1 Å². The SMILES string of the molecule is CCN(CC)c1ccc(N=C2C(=N)N=NC2N(C)C)cc1. The predicted octanol–water partition coefficient (Wildman–Crippen LogP) is 2.94. The van der Waals surface area contributed by atoms with Crippen LogP contribution in [-0.2, 0) is 0 Å². The zero-order chi connectivity index (χ0) is 15.4. The highest BCUT2D eigenvalue weighted by atomic mass is 15.3. The Hall–Kier alpha value is -2.08. The molecule has 0 bridgehead atoms. The Morgan fingerprint density at radius 3 is 2.29 bits per heavy atom. The molecule has 1 unspecified atom stereocenters. The van der Waals surface area contributed by atoms with E-state index in [0.717, 1.165) is 18.8 Å². The molecule has 1 N–H and O–H groups in total. The first-order chi connectivity index (χ1) is 10.1. The number of azo groups is 1. The van der Waals surface area contributed by atoms with Crippen LogP contribution in [0, 0.1) is 5.41 Å². The third-order valence-corrected chi connectivity index (χ3v) is 3.47. The van der Waals surface area contributed by atoms with Gasteiger partial charge in [0.2, 0.25) is 0 Å². The molecule has 0 fully saturated rings. The standard InChI is InChI=1S/C15H22N6/c1-5-21(6-2)12-9-7-11(8-10-12)17-13-14(16)18-19-15(13)20(3)4/h7-10,15-16H,5-6H2,1-4H3. The maximum absolute atomic E-state index is 7.82. The van der Waals surface area contributed by atoms with E-state index in [2.05, 4.69) is 46.1 Å². The van der Waals surface area contributed by atoms with Crippen molar-refractivity contribution in [3.05, 3.63) is 24.3 Å². The van der Waals surface area contributed by atoms with E-state index in [4.69, 9.17) is 5.41 Å². The van der Waals surface area contributed by atoms with Crippen molar-refractivity contribution in [3.8, 4) is 0 Å². The van der Waals surface area contributed by atoms with Crippen molar-refractivity contribution in [1.82, 2.24) is 4.90 Å². The molecule has 1 atom stereocenters. The molecule has 6 heteroatoms. The number of anilines is 1. The van der Waals surface area contributed by atoms with Crippen molar-refractivity contribution < 1.29 is 0 Å². The van der Waals surface area contributed by atoms with Gasteiger partial charge in [-0.3, -0.25) is 10.3 Å². The smallest absolute Gasteiger partial charge is 0.192 e. The third kappa shape index (κ3) is 3.33. The number of amidine groups is 1. The van der Waals surface area contributed by atoms with E-state index in [-0.39, 0.29) is 12.0 Å². The van der Waals surface area contributed by atoms with E-state index in [9.17, 15) is 0 Å². The van der Waals surface area contributed by atoms with E-state index >= 15 is 0 Å². The van der Waals surface area contributed by atoms with Crippen LogP contribution in [0.3, 0.4) is 0 Å². The summed E-state index contributed by atoms with van der Waals surface area (Å²) in [5.74, 6) is 0.140. The number of hydrogen-bond acceptors (Lipinski definition) is 5. The minimum absolute atomic E-state index is 0.140. The first kappa shape index (κ1) is 15.3. The van der Waals surface area contributed by atoms with Gasteiger partial charge in [-0.25, -0.2) is 4.99 Å². The van der Waals surface area contributed by atoms with Crippen LogP contribution in [0.25, 0.3) is 0 Å². The first-order valence-electron chi connectivity index (χ1n) is 7.16. The molecule has 0 spiro atoms. The lowest BCUT2D eigenvalue weighted by Gasteiger charge is -2.21. The fourth-order valence-corrected chi connectivity index (χ4v) is 2.26. The summed E-state index contributed by atoms with van der Waals surface area (Å²) in [6.45, 7) is 6.25. The van der Waals surface area contributed by atoms with E-state index in [1.165, 1.54) is 5.69 Å². The van der Waals surface area contributed by atoms with E-state index < -0.39 is 0 Å². The van der Waals surface area contributed by atoms with E-state index in [0.29, 0.717) is 5.71 Å². The summed E-state index contributed by atoms with van der Waals surface area (Å²) >= 11 is 0. The Morgan fingerprint density at radius 2 is 1.76 bits per heavy atom. The monoisotopic (exact) mass is 286 g/mol. The molecule has 1 aliphatic heterocycles. The van der Waals surface area contributed by atoms with Crippen LogP contribution >= 0.6 is 0 Å². The molecule has 6 nitrogen and oxygen atoms in total. The summed E-state index contributed by atoms with van der Waals surface area (Å²) in [5.41, 5.74) is 2.60. The first-order valence-corrected chi connectivity index (χ1v) is 7.16. The van der Waals surface area contributed by atoms with Crippen LogP contribution in [0.1, 0.15) is 13.8 Å². The van der Waals surface area contributed by atoms with Gasteiger partial charge in [-0.2, -0.15) is 5.11 Å². The minimum atomic E-state index is -0.264. The van der Waals surface area contributed by atoms with Crippen LogP contribution in [-0.4, -0.2) is 49.8 Å². The highest BCUT2D eigenvalue weighted by Crippen LogP contribution is 2.22. The molecule has 112 valence electrons. The molecule has 1 heterocycles. The highest BCUT2D eigenvalue weighted by molar-refractivity contribution is 6.44. The number of nitrogens with one attached hydrogen (secondary N) is 1. The molecule has 0 radical (unpaired) electrons. The van der Waals surface area contributed by atoms with Crippen molar-refractivity contribution in [2.24, 2.45) is 15.2 Å². The second-order valence-corrected chi connectivity index (χ2v) is 5.09. The van der Waals surface area contributed by atoms with Crippen molar-refractivity contribution in [1.29, 1.82) is 5.41 Å². The molecule has 21 heavy (non-hydrogen) atoms. The van der Waals surface area contributed by atoms with Gasteiger partial charge in [-0.05, 0) is 52.2 Å². The topological polar surface area (TPSA) is 67.4 Å². The molecule has 0 aromatic heterocycles. The second kappa shape index (κ2) is 6.58. The summed E-state index contributed by atoms with van der Waals surface area (Å²) in [7, 11) is 3.81. The van der Waals surface area contributed by atoms with E-state index in [1.807, 2.05) is 31.1 Å². The quantitative estimate of drug-likeness (QED) is 0.904. The number of hydrogen-bond donors (Lipinski definition) is 1. The van der Waals surface area contributed by atoms with Gasteiger partial charge in [0.05, 0.1) is 5.69 Å². The average molecular weight is 286 g/mol. The zero-order valence-corrected chi connectivity index (χ0v) is 13.0. The van der Waals surface area contributed by atoms with Crippen LogP contribution in [0.4, 0.5) is 11.4 Å². The van der Waals surface area contributed by atoms with Crippen molar-refractivity contribution >= 4 is 22.9 Å². The molecular formula is C15H22N6. The lowest BCUT2D eigenvalue weighted by Crippen LogP contribution is -2.33.